The number of carbonyl (C=O) groups is 3. The van der Waals surface area contributed by atoms with Crippen molar-refractivity contribution in [1.29, 1.82) is 0 Å². The van der Waals surface area contributed by atoms with Crippen LogP contribution in [0.25, 0.3) is 6.08 Å². The summed E-state index contributed by atoms with van der Waals surface area (Å²) < 4.78 is 10.5. The maximum Gasteiger partial charge on any atom is 0.347 e. The number of benzene rings is 3. The fourth-order valence-corrected chi connectivity index (χ4v) is 3.54. The second-order valence-corrected chi connectivity index (χ2v) is 7.60. The highest BCUT2D eigenvalue weighted by atomic mass is 35.5. The van der Waals surface area contributed by atoms with Crippen molar-refractivity contribution in [3.05, 3.63) is 98.6 Å². The summed E-state index contributed by atoms with van der Waals surface area (Å²) in [6.45, 7) is 0. The zero-order valence-electron chi connectivity index (χ0n) is 18.1. The van der Waals surface area contributed by atoms with Gasteiger partial charge in [-0.1, -0.05) is 41.9 Å². The number of halogens is 1. The molecule has 2 amide bonds. The number of methoxy groups -OCH3 is 1. The Morgan fingerprint density at radius 3 is 2.51 bits per heavy atom. The first kappa shape index (κ1) is 23.5. The molecule has 3 aromatic rings. The minimum Gasteiger partial charge on any atom is -0.496 e. The van der Waals surface area contributed by atoms with Crippen LogP contribution in [0.4, 0.5) is 11.4 Å². The zero-order valence-corrected chi connectivity index (χ0v) is 18.8. The molecule has 0 bridgehead atoms. The summed E-state index contributed by atoms with van der Waals surface area (Å²) in [5, 5.41) is 12.9. The predicted octanol–water partition coefficient (Wildman–Crippen LogP) is 3.94. The fourth-order valence-electron chi connectivity index (χ4n) is 3.37. The molecule has 1 aliphatic heterocycles. The van der Waals surface area contributed by atoms with Gasteiger partial charge in [0, 0.05) is 16.7 Å². The van der Waals surface area contributed by atoms with E-state index in [9.17, 15) is 24.5 Å². The summed E-state index contributed by atoms with van der Waals surface area (Å²) in [7, 11) is 1.34. The van der Waals surface area contributed by atoms with Crippen LogP contribution in [-0.4, -0.2) is 29.8 Å². The summed E-state index contributed by atoms with van der Waals surface area (Å²) in [5.41, 5.74) is 1.93. The van der Waals surface area contributed by atoms with E-state index in [1.165, 1.54) is 37.4 Å². The lowest BCUT2D eigenvalue weighted by molar-refractivity contribution is -0.385. The molecule has 11 heteroatoms. The number of para-hydroxylation sites is 2. The summed E-state index contributed by atoms with van der Waals surface area (Å²) in [5.74, 6) is -2.69. The van der Waals surface area contributed by atoms with Gasteiger partial charge < -0.3 is 9.47 Å². The van der Waals surface area contributed by atoms with Crippen LogP contribution in [0.1, 0.15) is 15.9 Å². The van der Waals surface area contributed by atoms with Crippen LogP contribution in [0.15, 0.2) is 72.3 Å². The lowest BCUT2D eigenvalue weighted by atomic mass is 10.1. The molecule has 1 aliphatic rings. The van der Waals surface area contributed by atoms with Gasteiger partial charge in [-0.2, -0.15) is 0 Å². The van der Waals surface area contributed by atoms with Gasteiger partial charge in [0.1, 0.15) is 16.9 Å². The molecule has 35 heavy (non-hydrogen) atoms. The normalized spacial score (nSPS) is 14.1. The molecule has 1 heterocycles. The van der Waals surface area contributed by atoms with Crippen molar-refractivity contribution < 1.29 is 28.8 Å². The maximum absolute atomic E-state index is 12.9. The number of rotatable bonds is 6. The molecule has 176 valence electrons. The third-order valence-electron chi connectivity index (χ3n) is 5.00. The highest BCUT2D eigenvalue weighted by Crippen LogP contribution is 2.35. The molecular formula is C24H16ClN3O7. The zero-order chi connectivity index (χ0) is 25.1. The number of hydrogen-bond donors (Lipinski definition) is 1. The highest BCUT2D eigenvalue weighted by molar-refractivity contribution is 6.32. The Balaban J connectivity index is 1.75. The summed E-state index contributed by atoms with van der Waals surface area (Å²) in [4.78, 5) is 49.3. The number of amides is 2. The standard InChI is InChI=1S/C24H16ClN3O7/c1-34-20-11-10-15(25)13-17(20)24(31)35-21-14(6-5-9-19(21)28(32)33)12-18-22(29)26-27(23(18)30)16-7-3-2-4-8-16/h2-13H,1H3,(H,26,29)/b18-12-. The van der Waals surface area contributed by atoms with Gasteiger partial charge in [-0.3, -0.25) is 25.1 Å². The predicted molar refractivity (Wildman–Crippen MR) is 126 cm³/mol. The van der Waals surface area contributed by atoms with Gasteiger partial charge in [0.05, 0.1) is 17.7 Å². The van der Waals surface area contributed by atoms with Gasteiger partial charge in [0.2, 0.25) is 5.75 Å². The molecule has 1 fully saturated rings. The van der Waals surface area contributed by atoms with Crippen LogP contribution >= 0.6 is 11.6 Å². The SMILES string of the molecule is COc1ccc(Cl)cc1C(=O)Oc1c(/C=C2/C(=O)NN(c3ccccc3)C2=O)cccc1[N+](=O)[O-]. The van der Waals surface area contributed by atoms with Crippen molar-refractivity contribution in [3.63, 3.8) is 0 Å². The molecule has 4 rings (SSSR count). The molecule has 1 N–H and O–H groups in total. The number of anilines is 1. The van der Waals surface area contributed by atoms with Crippen molar-refractivity contribution in [2.75, 3.05) is 12.1 Å². The van der Waals surface area contributed by atoms with E-state index in [1.807, 2.05) is 0 Å². The Kier molecular flexibility index (Phi) is 6.47. The monoisotopic (exact) mass is 493 g/mol. The lowest BCUT2D eigenvalue weighted by Gasteiger charge is -2.14. The quantitative estimate of drug-likeness (QED) is 0.137. The van der Waals surface area contributed by atoms with Crippen LogP contribution < -0.4 is 19.9 Å². The van der Waals surface area contributed by atoms with E-state index in [0.717, 1.165) is 17.2 Å². The molecule has 0 unspecified atom stereocenters. The molecule has 0 aliphatic carbocycles. The molecule has 3 aromatic carbocycles. The van der Waals surface area contributed by atoms with Crippen LogP contribution in [0, 0.1) is 10.1 Å². The Hall–Kier alpha value is -4.70. The number of carbonyl (C=O) groups excluding carboxylic acids is 3. The minimum atomic E-state index is -0.980. The van der Waals surface area contributed by atoms with Crippen LogP contribution in [-0.2, 0) is 9.59 Å². The number of hydrogen-bond acceptors (Lipinski definition) is 7. The number of nitro groups is 1. The average Bonchev–Trinajstić information content (AvgIpc) is 3.13. The number of nitro benzene ring substituents is 1. The third-order valence-corrected chi connectivity index (χ3v) is 5.24. The van der Waals surface area contributed by atoms with Crippen molar-refractivity contribution >= 4 is 46.8 Å². The number of esters is 1. The first-order valence-electron chi connectivity index (χ1n) is 10.1. The van der Waals surface area contributed by atoms with E-state index in [2.05, 4.69) is 5.43 Å². The van der Waals surface area contributed by atoms with Gasteiger partial charge >= 0.3 is 11.7 Å². The van der Waals surface area contributed by atoms with E-state index in [0.29, 0.717) is 5.69 Å². The highest BCUT2D eigenvalue weighted by Gasteiger charge is 2.35. The number of hydrazine groups is 1. The lowest BCUT2D eigenvalue weighted by Crippen LogP contribution is -2.35. The van der Waals surface area contributed by atoms with E-state index in [1.54, 1.807) is 30.3 Å². The van der Waals surface area contributed by atoms with Crippen LogP contribution in [0.3, 0.4) is 0 Å². The number of ether oxygens (including phenoxy) is 2. The van der Waals surface area contributed by atoms with Crippen molar-refractivity contribution in [2.24, 2.45) is 0 Å². The van der Waals surface area contributed by atoms with Gasteiger partial charge in [0.15, 0.2) is 0 Å². The molecule has 1 saturated heterocycles. The van der Waals surface area contributed by atoms with Gasteiger partial charge in [-0.15, -0.1) is 0 Å². The molecule has 0 aromatic heterocycles. The summed E-state index contributed by atoms with van der Waals surface area (Å²) >= 11 is 5.98. The average molecular weight is 494 g/mol. The molecular weight excluding hydrogens is 478 g/mol. The fraction of sp³-hybridized carbons (Fsp3) is 0.0417. The topological polar surface area (TPSA) is 128 Å². The van der Waals surface area contributed by atoms with Gasteiger partial charge in [-0.25, -0.2) is 9.80 Å². The molecule has 0 saturated carbocycles. The largest absolute Gasteiger partial charge is 0.496 e. The summed E-state index contributed by atoms with van der Waals surface area (Å²) in [6.07, 6.45) is 1.13. The number of nitrogens with one attached hydrogen (secondary N) is 1. The van der Waals surface area contributed by atoms with E-state index < -0.39 is 34.1 Å². The molecule has 10 nitrogen and oxygen atoms in total. The molecule has 0 atom stereocenters. The Bertz CT molecular complexity index is 1390. The Morgan fingerprint density at radius 1 is 1.09 bits per heavy atom. The maximum atomic E-state index is 12.9. The van der Waals surface area contributed by atoms with Crippen LogP contribution in [0.5, 0.6) is 11.5 Å². The van der Waals surface area contributed by atoms with Crippen molar-refractivity contribution in [3.8, 4) is 11.5 Å². The van der Waals surface area contributed by atoms with Crippen molar-refractivity contribution in [1.82, 2.24) is 5.43 Å². The van der Waals surface area contributed by atoms with E-state index >= 15 is 0 Å². The second kappa shape index (κ2) is 9.65. The van der Waals surface area contributed by atoms with Gasteiger partial charge in [0.25, 0.3) is 11.8 Å². The first-order chi connectivity index (χ1) is 16.8. The van der Waals surface area contributed by atoms with E-state index in [-0.39, 0.29) is 27.5 Å². The third kappa shape index (κ3) is 4.68. The van der Waals surface area contributed by atoms with Crippen LogP contribution in [0.2, 0.25) is 5.02 Å². The summed E-state index contributed by atoms with van der Waals surface area (Å²) in [6, 6.07) is 16.5. The molecule has 0 spiro atoms. The first-order valence-corrected chi connectivity index (χ1v) is 10.4. The molecule has 0 radical (unpaired) electrons. The number of nitrogens with zero attached hydrogens (tertiary/aromatic N) is 2. The van der Waals surface area contributed by atoms with E-state index in [4.69, 9.17) is 21.1 Å². The smallest absolute Gasteiger partial charge is 0.347 e. The Morgan fingerprint density at radius 2 is 1.83 bits per heavy atom. The second-order valence-electron chi connectivity index (χ2n) is 7.16. The minimum absolute atomic E-state index is 0.0260. The Labute approximate surface area is 203 Å². The van der Waals surface area contributed by atoms with Gasteiger partial charge in [-0.05, 0) is 36.4 Å². The van der Waals surface area contributed by atoms with Crippen molar-refractivity contribution in [2.45, 2.75) is 0 Å².